The molecule has 1 aliphatic heterocycles. The van der Waals surface area contributed by atoms with Crippen LogP contribution in [0.3, 0.4) is 0 Å². The smallest absolute Gasteiger partial charge is 0.317 e. The SMILES string of the molecule is O=C(O)C1CCC(NC(=O)N2CCOC3(CCC3)C2)CC1. The highest BCUT2D eigenvalue weighted by atomic mass is 16.5. The molecule has 2 N–H and O–H groups in total. The maximum atomic E-state index is 12.4. The van der Waals surface area contributed by atoms with Crippen LogP contribution < -0.4 is 5.32 Å². The number of aliphatic carboxylic acids is 1. The number of hydrogen-bond acceptors (Lipinski definition) is 3. The molecule has 0 atom stereocenters. The van der Waals surface area contributed by atoms with E-state index in [1.54, 1.807) is 0 Å². The van der Waals surface area contributed by atoms with Crippen LogP contribution >= 0.6 is 0 Å². The lowest BCUT2D eigenvalue weighted by Crippen LogP contribution is -2.59. The molecule has 21 heavy (non-hydrogen) atoms. The molecule has 0 aromatic rings. The second-order valence-corrected chi connectivity index (χ2v) is 6.64. The molecule has 6 nitrogen and oxygen atoms in total. The van der Waals surface area contributed by atoms with Gasteiger partial charge in [0.25, 0.3) is 0 Å². The fraction of sp³-hybridized carbons (Fsp3) is 0.867. The minimum Gasteiger partial charge on any atom is -0.481 e. The molecule has 2 amide bonds. The van der Waals surface area contributed by atoms with Gasteiger partial charge in [0.05, 0.1) is 24.7 Å². The zero-order valence-corrected chi connectivity index (χ0v) is 12.3. The van der Waals surface area contributed by atoms with Gasteiger partial charge in [-0.3, -0.25) is 4.79 Å². The van der Waals surface area contributed by atoms with E-state index < -0.39 is 5.97 Å². The summed E-state index contributed by atoms with van der Waals surface area (Å²) in [5.74, 6) is -0.945. The van der Waals surface area contributed by atoms with Gasteiger partial charge in [0, 0.05) is 12.6 Å². The number of carboxylic acids is 1. The van der Waals surface area contributed by atoms with Gasteiger partial charge in [-0.15, -0.1) is 0 Å². The predicted molar refractivity (Wildman–Crippen MR) is 76.0 cm³/mol. The summed E-state index contributed by atoms with van der Waals surface area (Å²) in [5, 5.41) is 12.1. The molecule has 0 unspecified atom stereocenters. The van der Waals surface area contributed by atoms with Crippen molar-refractivity contribution in [2.45, 2.75) is 56.6 Å². The van der Waals surface area contributed by atoms with Gasteiger partial charge in [-0.05, 0) is 44.9 Å². The van der Waals surface area contributed by atoms with Crippen molar-refractivity contribution in [2.75, 3.05) is 19.7 Å². The van der Waals surface area contributed by atoms with E-state index in [0.29, 0.717) is 32.5 Å². The monoisotopic (exact) mass is 296 g/mol. The number of carbonyl (C=O) groups is 2. The van der Waals surface area contributed by atoms with Crippen LogP contribution in [0.1, 0.15) is 44.9 Å². The van der Waals surface area contributed by atoms with E-state index in [0.717, 1.165) is 25.7 Å². The molecular formula is C15H24N2O4. The lowest BCUT2D eigenvalue weighted by Gasteiger charge is -2.48. The van der Waals surface area contributed by atoms with E-state index in [4.69, 9.17) is 9.84 Å². The van der Waals surface area contributed by atoms with Crippen molar-refractivity contribution in [3.05, 3.63) is 0 Å². The van der Waals surface area contributed by atoms with Gasteiger partial charge < -0.3 is 20.1 Å². The second kappa shape index (κ2) is 5.83. The molecule has 3 aliphatic rings. The van der Waals surface area contributed by atoms with E-state index in [-0.39, 0.29) is 23.6 Å². The Morgan fingerprint density at radius 2 is 1.90 bits per heavy atom. The lowest BCUT2D eigenvalue weighted by molar-refractivity contribution is -0.143. The number of carboxylic acid groups (broad SMARTS) is 1. The minimum atomic E-state index is -0.708. The number of carbonyl (C=O) groups excluding carboxylic acids is 1. The zero-order valence-electron chi connectivity index (χ0n) is 12.3. The molecule has 0 bridgehead atoms. The first kappa shape index (κ1) is 14.6. The van der Waals surface area contributed by atoms with Crippen LogP contribution in [-0.4, -0.2) is 53.3 Å². The van der Waals surface area contributed by atoms with Gasteiger partial charge in [-0.1, -0.05) is 0 Å². The Balaban J connectivity index is 1.47. The first-order chi connectivity index (χ1) is 10.1. The van der Waals surface area contributed by atoms with Crippen molar-refractivity contribution in [1.82, 2.24) is 10.2 Å². The first-order valence-electron chi connectivity index (χ1n) is 8.00. The summed E-state index contributed by atoms with van der Waals surface area (Å²) >= 11 is 0. The van der Waals surface area contributed by atoms with Crippen LogP contribution in [0.5, 0.6) is 0 Å². The fourth-order valence-electron chi connectivity index (χ4n) is 3.64. The summed E-state index contributed by atoms with van der Waals surface area (Å²) in [4.78, 5) is 25.2. The number of amides is 2. The van der Waals surface area contributed by atoms with Crippen LogP contribution in [-0.2, 0) is 9.53 Å². The second-order valence-electron chi connectivity index (χ2n) is 6.64. The third-order valence-electron chi connectivity index (χ3n) is 5.20. The van der Waals surface area contributed by atoms with Gasteiger partial charge in [-0.2, -0.15) is 0 Å². The summed E-state index contributed by atoms with van der Waals surface area (Å²) in [6.45, 7) is 1.97. The maximum absolute atomic E-state index is 12.4. The van der Waals surface area contributed by atoms with Gasteiger partial charge >= 0.3 is 12.0 Å². The van der Waals surface area contributed by atoms with Crippen molar-refractivity contribution in [2.24, 2.45) is 5.92 Å². The van der Waals surface area contributed by atoms with E-state index >= 15 is 0 Å². The van der Waals surface area contributed by atoms with Crippen molar-refractivity contribution in [1.29, 1.82) is 0 Å². The fourth-order valence-corrected chi connectivity index (χ4v) is 3.64. The quantitative estimate of drug-likeness (QED) is 0.811. The number of morpholine rings is 1. The Bertz CT molecular complexity index is 414. The molecule has 1 spiro atoms. The molecular weight excluding hydrogens is 272 g/mol. The number of nitrogens with one attached hydrogen (secondary N) is 1. The molecule has 1 saturated heterocycles. The number of hydrogen-bond donors (Lipinski definition) is 2. The van der Waals surface area contributed by atoms with E-state index in [1.165, 1.54) is 6.42 Å². The molecule has 0 aromatic heterocycles. The molecule has 3 rings (SSSR count). The summed E-state index contributed by atoms with van der Waals surface area (Å²) in [7, 11) is 0. The standard InChI is InChI=1S/C15H24N2O4/c18-13(19)11-2-4-12(5-3-11)16-14(20)17-8-9-21-15(10-17)6-1-7-15/h11-12H,1-10H2,(H,16,20)(H,18,19). The van der Waals surface area contributed by atoms with Crippen LogP contribution in [0.25, 0.3) is 0 Å². The van der Waals surface area contributed by atoms with Gasteiger partial charge in [-0.25, -0.2) is 4.79 Å². The topological polar surface area (TPSA) is 78.9 Å². The molecule has 3 fully saturated rings. The Labute approximate surface area is 124 Å². The van der Waals surface area contributed by atoms with E-state index in [1.807, 2.05) is 4.90 Å². The molecule has 1 heterocycles. The average molecular weight is 296 g/mol. The van der Waals surface area contributed by atoms with Crippen LogP contribution in [0, 0.1) is 5.92 Å². The summed E-state index contributed by atoms with van der Waals surface area (Å²) < 4.78 is 5.83. The number of urea groups is 1. The van der Waals surface area contributed by atoms with Gasteiger partial charge in [0.1, 0.15) is 0 Å². The highest BCUT2D eigenvalue weighted by Gasteiger charge is 2.43. The molecule has 0 radical (unpaired) electrons. The Hall–Kier alpha value is -1.30. The van der Waals surface area contributed by atoms with Gasteiger partial charge in [0.15, 0.2) is 0 Å². The van der Waals surface area contributed by atoms with Crippen molar-refractivity contribution >= 4 is 12.0 Å². The largest absolute Gasteiger partial charge is 0.481 e. The number of ether oxygens (including phenoxy) is 1. The van der Waals surface area contributed by atoms with Crippen LogP contribution in [0.2, 0.25) is 0 Å². The lowest BCUT2D eigenvalue weighted by atomic mass is 9.79. The van der Waals surface area contributed by atoms with Crippen molar-refractivity contribution < 1.29 is 19.4 Å². The molecule has 118 valence electrons. The van der Waals surface area contributed by atoms with Gasteiger partial charge in [0.2, 0.25) is 0 Å². The Kier molecular flexibility index (Phi) is 4.06. The maximum Gasteiger partial charge on any atom is 0.317 e. The normalized spacial score (nSPS) is 31.5. The van der Waals surface area contributed by atoms with Crippen LogP contribution in [0.15, 0.2) is 0 Å². The zero-order chi connectivity index (χ0) is 14.9. The summed E-state index contributed by atoms with van der Waals surface area (Å²) in [6.07, 6.45) is 6.15. The molecule has 6 heteroatoms. The predicted octanol–water partition coefficient (Wildman–Crippen LogP) is 1.59. The van der Waals surface area contributed by atoms with E-state index in [2.05, 4.69) is 5.32 Å². The number of nitrogens with zero attached hydrogens (tertiary/aromatic N) is 1. The summed E-state index contributed by atoms with van der Waals surface area (Å²) in [6, 6.07) is 0.108. The minimum absolute atomic E-state index is 0.0108. The third-order valence-corrected chi connectivity index (χ3v) is 5.20. The Morgan fingerprint density at radius 1 is 1.19 bits per heavy atom. The average Bonchev–Trinajstić information content (AvgIpc) is 2.46. The van der Waals surface area contributed by atoms with E-state index in [9.17, 15) is 9.59 Å². The van der Waals surface area contributed by atoms with Crippen molar-refractivity contribution in [3.8, 4) is 0 Å². The third kappa shape index (κ3) is 3.15. The number of rotatable bonds is 2. The highest BCUT2D eigenvalue weighted by molar-refractivity contribution is 5.75. The Morgan fingerprint density at radius 3 is 2.48 bits per heavy atom. The van der Waals surface area contributed by atoms with Crippen molar-refractivity contribution in [3.63, 3.8) is 0 Å². The molecule has 2 saturated carbocycles. The molecule has 2 aliphatic carbocycles. The highest BCUT2D eigenvalue weighted by Crippen LogP contribution is 2.38. The first-order valence-corrected chi connectivity index (χ1v) is 8.00. The van der Waals surface area contributed by atoms with Crippen LogP contribution in [0.4, 0.5) is 4.79 Å². The molecule has 0 aromatic carbocycles. The summed E-state index contributed by atoms with van der Waals surface area (Å²) in [5.41, 5.74) is -0.0729.